The van der Waals surface area contributed by atoms with Crippen LogP contribution in [0.15, 0.2) is 23.1 Å². The average Bonchev–Trinajstić information content (AvgIpc) is 2.82. The molecule has 1 amide bonds. The summed E-state index contributed by atoms with van der Waals surface area (Å²) in [6, 6.07) is 4.47. The number of methoxy groups -OCH3 is 1. The molecule has 1 aromatic carbocycles. The number of sulfonamides is 1. The second kappa shape index (κ2) is 8.49. The lowest BCUT2D eigenvalue weighted by molar-refractivity contribution is 0.0766. The molecule has 23 heavy (non-hydrogen) atoms. The van der Waals surface area contributed by atoms with Gasteiger partial charge in [-0.25, -0.2) is 13.1 Å². The molecule has 1 aliphatic rings. The minimum absolute atomic E-state index is 0. The fourth-order valence-electron chi connectivity index (χ4n) is 2.36. The lowest BCUT2D eigenvalue weighted by Crippen LogP contribution is -2.34. The van der Waals surface area contributed by atoms with Crippen molar-refractivity contribution in [3.63, 3.8) is 0 Å². The molecule has 2 N–H and O–H groups in total. The van der Waals surface area contributed by atoms with Crippen LogP contribution < -0.4 is 14.8 Å². The van der Waals surface area contributed by atoms with Gasteiger partial charge in [0.1, 0.15) is 10.6 Å². The molecule has 7 nitrogen and oxygen atoms in total. The minimum Gasteiger partial charge on any atom is -0.495 e. The maximum absolute atomic E-state index is 12.6. The van der Waals surface area contributed by atoms with E-state index in [1.807, 2.05) is 0 Å². The molecule has 0 aromatic heterocycles. The van der Waals surface area contributed by atoms with E-state index in [0.29, 0.717) is 18.7 Å². The maximum Gasteiger partial charge on any atom is 0.253 e. The van der Waals surface area contributed by atoms with Crippen LogP contribution >= 0.6 is 12.4 Å². The first kappa shape index (κ1) is 19.7. The monoisotopic (exact) mass is 363 g/mol. The van der Waals surface area contributed by atoms with E-state index in [9.17, 15) is 13.2 Å². The smallest absolute Gasteiger partial charge is 0.253 e. The van der Waals surface area contributed by atoms with Gasteiger partial charge in [-0.05, 0) is 38.2 Å². The highest BCUT2D eigenvalue weighted by Gasteiger charge is 2.23. The van der Waals surface area contributed by atoms with Gasteiger partial charge in [0, 0.05) is 25.2 Å². The van der Waals surface area contributed by atoms with E-state index >= 15 is 0 Å². The Morgan fingerprint density at radius 1 is 1.30 bits per heavy atom. The largest absolute Gasteiger partial charge is 0.495 e. The second-order valence-corrected chi connectivity index (χ2v) is 6.82. The summed E-state index contributed by atoms with van der Waals surface area (Å²) in [7, 11) is -0.975. The molecule has 2 rings (SSSR count). The third kappa shape index (κ3) is 4.57. The van der Waals surface area contributed by atoms with Gasteiger partial charge >= 0.3 is 0 Å². The van der Waals surface area contributed by atoms with Crippen LogP contribution in [0.5, 0.6) is 5.75 Å². The van der Waals surface area contributed by atoms with Gasteiger partial charge in [-0.3, -0.25) is 4.79 Å². The Morgan fingerprint density at radius 3 is 2.70 bits per heavy atom. The van der Waals surface area contributed by atoms with Crippen LogP contribution in [0.2, 0.25) is 0 Å². The highest BCUT2D eigenvalue weighted by molar-refractivity contribution is 7.89. The zero-order chi connectivity index (χ0) is 16.2. The molecule has 0 atom stereocenters. The molecule has 0 bridgehead atoms. The summed E-state index contributed by atoms with van der Waals surface area (Å²) in [4.78, 5) is 14.3. The molecule has 0 radical (unpaired) electrons. The van der Waals surface area contributed by atoms with E-state index in [-0.39, 0.29) is 29.0 Å². The molecule has 1 aliphatic heterocycles. The summed E-state index contributed by atoms with van der Waals surface area (Å²) in [5.41, 5.74) is 0.344. The second-order valence-electron chi connectivity index (χ2n) is 4.97. The molecule has 9 heteroatoms. The lowest BCUT2D eigenvalue weighted by Gasteiger charge is -2.20. The maximum atomic E-state index is 12.6. The summed E-state index contributed by atoms with van der Waals surface area (Å²) in [6.07, 6.45) is 0.879. The summed E-state index contributed by atoms with van der Waals surface area (Å²) in [6.45, 7) is 2.89. The third-order valence-corrected chi connectivity index (χ3v) is 5.03. The summed E-state index contributed by atoms with van der Waals surface area (Å²) in [5, 5.41) is 3.23. The number of hydrogen-bond donors (Lipinski definition) is 2. The van der Waals surface area contributed by atoms with Crippen molar-refractivity contribution in [2.75, 3.05) is 40.3 Å². The van der Waals surface area contributed by atoms with Crippen molar-refractivity contribution in [2.24, 2.45) is 0 Å². The average molecular weight is 364 g/mol. The van der Waals surface area contributed by atoms with Crippen LogP contribution in [0.25, 0.3) is 0 Å². The lowest BCUT2D eigenvalue weighted by atomic mass is 10.2. The molecule has 130 valence electrons. The fourth-order valence-corrected chi connectivity index (χ4v) is 3.28. The first-order valence-electron chi connectivity index (χ1n) is 7.11. The predicted octanol–water partition coefficient (Wildman–Crippen LogP) is 0.461. The van der Waals surface area contributed by atoms with E-state index in [1.54, 1.807) is 11.0 Å². The summed E-state index contributed by atoms with van der Waals surface area (Å²) in [5.74, 6) is 0.0438. The number of carbonyl (C=O) groups is 1. The number of nitrogens with one attached hydrogen (secondary N) is 2. The van der Waals surface area contributed by atoms with Crippen molar-refractivity contribution in [3.05, 3.63) is 23.8 Å². The zero-order valence-electron chi connectivity index (χ0n) is 13.2. The Balaban J connectivity index is 0.00000264. The van der Waals surface area contributed by atoms with Crippen molar-refractivity contribution >= 4 is 28.3 Å². The van der Waals surface area contributed by atoms with Gasteiger partial charge in [0.25, 0.3) is 5.91 Å². The predicted molar refractivity (Wildman–Crippen MR) is 89.9 cm³/mol. The standard InChI is InChI=1S/C14H21N3O4S.ClH/c1-15-22(19,20)13-10-11(4-5-12(13)21-2)14(18)17-8-3-6-16-7-9-17;/h4-5,10,15-16H,3,6-9H2,1-2H3;1H. The van der Waals surface area contributed by atoms with Gasteiger partial charge < -0.3 is 15.0 Å². The fraction of sp³-hybridized carbons (Fsp3) is 0.500. The molecule has 0 spiro atoms. The Labute approximate surface area is 142 Å². The molecule has 1 aromatic rings. The van der Waals surface area contributed by atoms with Gasteiger partial charge in [-0.15, -0.1) is 12.4 Å². The van der Waals surface area contributed by atoms with Gasteiger partial charge in [0.2, 0.25) is 10.0 Å². The molecule has 1 saturated heterocycles. The zero-order valence-corrected chi connectivity index (χ0v) is 14.8. The Hall–Kier alpha value is -1.35. The quantitative estimate of drug-likeness (QED) is 0.811. The van der Waals surface area contributed by atoms with Gasteiger partial charge in [-0.1, -0.05) is 0 Å². The van der Waals surface area contributed by atoms with E-state index in [1.165, 1.54) is 26.3 Å². The van der Waals surface area contributed by atoms with Crippen LogP contribution in [0.3, 0.4) is 0 Å². The van der Waals surface area contributed by atoms with Crippen LogP contribution in [-0.4, -0.2) is 59.6 Å². The van der Waals surface area contributed by atoms with Crippen LogP contribution in [0.4, 0.5) is 0 Å². The normalized spacial score (nSPS) is 15.5. The van der Waals surface area contributed by atoms with Crippen molar-refractivity contribution in [1.29, 1.82) is 0 Å². The van der Waals surface area contributed by atoms with Crippen LogP contribution in [0.1, 0.15) is 16.8 Å². The van der Waals surface area contributed by atoms with E-state index in [4.69, 9.17) is 4.74 Å². The minimum atomic E-state index is -3.69. The van der Waals surface area contributed by atoms with Crippen molar-refractivity contribution in [1.82, 2.24) is 14.9 Å². The summed E-state index contributed by atoms with van der Waals surface area (Å²) >= 11 is 0. The van der Waals surface area contributed by atoms with Crippen molar-refractivity contribution < 1.29 is 17.9 Å². The highest BCUT2D eigenvalue weighted by Crippen LogP contribution is 2.25. The molecule has 0 saturated carbocycles. The van der Waals surface area contributed by atoms with E-state index in [2.05, 4.69) is 10.0 Å². The van der Waals surface area contributed by atoms with Crippen LogP contribution in [0, 0.1) is 0 Å². The number of carbonyl (C=O) groups excluding carboxylic acids is 1. The van der Waals surface area contributed by atoms with Crippen LogP contribution in [-0.2, 0) is 10.0 Å². The molecule has 1 heterocycles. The number of amides is 1. The van der Waals surface area contributed by atoms with E-state index in [0.717, 1.165) is 19.5 Å². The number of hydrogen-bond acceptors (Lipinski definition) is 5. The number of nitrogens with zero attached hydrogens (tertiary/aromatic N) is 1. The number of rotatable bonds is 4. The molecule has 0 aliphatic carbocycles. The summed E-state index contributed by atoms with van der Waals surface area (Å²) < 4.78 is 31.4. The first-order chi connectivity index (χ1) is 10.5. The van der Waals surface area contributed by atoms with E-state index < -0.39 is 10.0 Å². The first-order valence-corrected chi connectivity index (χ1v) is 8.59. The molecular weight excluding hydrogens is 342 g/mol. The number of ether oxygens (including phenoxy) is 1. The Bertz CT molecular complexity index is 643. The topological polar surface area (TPSA) is 87.7 Å². The van der Waals surface area contributed by atoms with Crippen molar-refractivity contribution in [2.45, 2.75) is 11.3 Å². The van der Waals surface area contributed by atoms with Gasteiger partial charge in [0.05, 0.1) is 7.11 Å². The SMILES string of the molecule is CNS(=O)(=O)c1cc(C(=O)N2CCCNCC2)ccc1OC.Cl. The van der Waals surface area contributed by atoms with Gasteiger partial charge in [-0.2, -0.15) is 0 Å². The van der Waals surface area contributed by atoms with Gasteiger partial charge in [0.15, 0.2) is 0 Å². The molecule has 1 fully saturated rings. The third-order valence-electron chi connectivity index (χ3n) is 3.60. The Kier molecular flexibility index (Phi) is 7.27. The Morgan fingerprint density at radius 2 is 2.04 bits per heavy atom. The highest BCUT2D eigenvalue weighted by atomic mass is 35.5. The number of benzene rings is 1. The number of halogens is 1. The molecular formula is C14H22ClN3O4S. The van der Waals surface area contributed by atoms with Crippen molar-refractivity contribution in [3.8, 4) is 5.75 Å². The molecule has 0 unspecified atom stereocenters.